The summed E-state index contributed by atoms with van der Waals surface area (Å²) in [7, 11) is 0. The topological polar surface area (TPSA) is 66.7 Å². The van der Waals surface area contributed by atoms with Crippen molar-refractivity contribution < 1.29 is 9.94 Å². The summed E-state index contributed by atoms with van der Waals surface area (Å²) in [5.74, 6) is 2.08. The van der Waals surface area contributed by atoms with E-state index in [0.29, 0.717) is 29.7 Å². The van der Waals surface area contributed by atoms with E-state index >= 15 is 0 Å². The van der Waals surface area contributed by atoms with E-state index in [-0.39, 0.29) is 0 Å². The molecule has 0 saturated carbocycles. The van der Waals surface area contributed by atoms with Crippen molar-refractivity contribution >= 4 is 5.84 Å². The molecule has 0 spiro atoms. The van der Waals surface area contributed by atoms with Crippen molar-refractivity contribution in [3.8, 4) is 11.6 Å². The lowest BCUT2D eigenvalue weighted by atomic mass is 10.1. The van der Waals surface area contributed by atoms with Crippen molar-refractivity contribution in [2.24, 2.45) is 10.9 Å². The molecule has 0 atom stereocenters. The van der Waals surface area contributed by atoms with Crippen LogP contribution < -0.4 is 10.2 Å². The Labute approximate surface area is 137 Å². The van der Waals surface area contributed by atoms with E-state index in [4.69, 9.17) is 4.74 Å². The first-order chi connectivity index (χ1) is 11.0. The van der Waals surface area contributed by atoms with Crippen LogP contribution in [0.3, 0.4) is 0 Å². The lowest BCUT2D eigenvalue weighted by Gasteiger charge is -2.09. The number of ether oxygens (including phenoxy) is 1. The van der Waals surface area contributed by atoms with Crippen molar-refractivity contribution in [1.82, 2.24) is 10.5 Å². The van der Waals surface area contributed by atoms with Crippen LogP contribution in [-0.2, 0) is 0 Å². The molecule has 23 heavy (non-hydrogen) atoms. The van der Waals surface area contributed by atoms with Gasteiger partial charge in [0.1, 0.15) is 5.75 Å². The average molecular weight is 313 g/mol. The maximum Gasteiger partial charge on any atom is 0.219 e. The fraction of sp³-hybridized carbons (Fsp3) is 0.333. The molecule has 1 aromatic heterocycles. The summed E-state index contributed by atoms with van der Waals surface area (Å²) in [4.78, 5) is 8.60. The van der Waals surface area contributed by atoms with Crippen molar-refractivity contribution in [1.29, 1.82) is 0 Å². The van der Waals surface area contributed by atoms with Gasteiger partial charge in [0.2, 0.25) is 5.88 Å². The van der Waals surface area contributed by atoms with Crippen LogP contribution in [0.5, 0.6) is 11.6 Å². The quantitative estimate of drug-likeness (QED) is 0.499. The number of hydrogen-bond donors (Lipinski definition) is 2. The number of nitrogens with zero attached hydrogens (tertiary/aromatic N) is 2. The summed E-state index contributed by atoms with van der Waals surface area (Å²) in [6, 6.07) is 9.59. The fourth-order valence-corrected chi connectivity index (χ4v) is 2.16. The number of amidine groups is 1. The Bertz CT molecular complexity index is 659. The van der Waals surface area contributed by atoms with Gasteiger partial charge in [-0.3, -0.25) is 15.7 Å². The first kappa shape index (κ1) is 17.0. The van der Waals surface area contributed by atoms with E-state index in [9.17, 15) is 5.21 Å². The molecule has 122 valence electrons. The zero-order valence-electron chi connectivity index (χ0n) is 14.0. The Morgan fingerprint density at radius 2 is 1.91 bits per heavy atom. The number of nitrogens with one attached hydrogen (secondary N) is 1. The highest BCUT2D eigenvalue weighted by Crippen LogP contribution is 2.22. The fourth-order valence-electron chi connectivity index (χ4n) is 2.16. The van der Waals surface area contributed by atoms with E-state index in [1.807, 2.05) is 32.0 Å². The van der Waals surface area contributed by atoms with Crippen LogP contribution in [0.2, 0.25) is 0 Å². The third-order valence-electron chi connectivity index (χ3n) is 3.15. The molecule has 0 aliphatic heterocycles. The summed E-state index contributed by atoms with van der Waals surface area (Å²) < 4.78 is 5.77. The van der Waals surface area contributed by atoms with E-state index in [1.165, 1.54) is 0 Å². The number of benzene rings is 1. The van der Waals surface area contributed by atoms with Gasteiger partial charge in [0.05, 0.1) is 0 Å². The highest BCUT2D eigenvalue weighted by Gasteiger charge is 2.06. The number of pyridine rings is 1. The van der Waals surface area contributed by atoms with Gasteiger partial charge in [0.15, 0.2) is 5.84 Å². The van der Waals surface area contributed by atoms with Crippen LogP contribution in [0.25, 0.3) is 0 Å². The summed E-state index contributed by atoms with van der Waals surface area (Å²) in [6.07, 6.45) is 1.63. The number of rotatable bonds is 5. The number of hydrogen-bond acceptors (Lipinski definition) is 4. The second kappa shape index (κ2) is 7.74. The second-order valence-electron chi connectivity index (χ2n) is 6.01. The van der Waals surface area contributed by atoms with E-state index in [1.54, 1.807) is 12.3 Å². The number of aryl methyl sites for hydroxylation is 2. The van der Waals surface area contributed by atoms with E-state index in [2.05, 4.69) is 35.4 Å². The summed E-state index contributed by atoms with van der Waals surface area (Å²) >= 11 is 0. The van der Waals surface area contributed by atoms with Crippen LogP contribution >= 0.6 is 0 Å². The normalized spacial score (nSPS) is 11.7. The predicted molar refractivity (Wildman–Crippen MR) is 91.4 cm³/mol. The molecule has 5 heteroatoms. The average Bonchev–Trinajstić information content (AvgIpc) is 2.48. The first-order valence-electron chi connectivity index (χ1n) is 7.65. The maximum absolute atomic E-state index is 9.22. The minimum atomic E-state index is 0.407. The number of aromatic nitrogens is 1. The van der Waals surface area contributed by atoms with Gasteiger partial charge in [-0.05, 0) is 49.1 Å². The smallest absolute Gasteiger partial charge is 0.219 e. The van der Waals surface area contributed by atoms with Gasteiger partial charge in [0.25, 0.3) is 0 Å². The molecule has 0 fully saturated rings. The van der Waals surface area contributed by atoms with Crippen molar-refractivity contribution in [2.75, 3.05) is 6.54 Å². The third-order valence-corrected chi connectivity index (χ3v) is 3.15. The molecule has 0 aliphatic rings. The second-order valence-corrected chi connectivity index (χ2v) is 6.01. The van der Waals surface area contributed by atoms with Gasteiger partial charge in [-0.1, -0.05) is 19.9 Å². The van der Waals surface area contributed by atoms with Crippen molar-refractivity contribution in [3.05, 3.63) is 53.2 Å². The van der Waals surface area contributed by atoms with Crippen LogP contribution in [0, 0.1) is 19.8 Å². The van der Waals surface area contributed by atoms with Gasteiger partial charge in [-0.15, -0.1) is 0 Å². The molecule has 0 radical (unpaired) electrons. The monoisotopic (exact) mass is 313 g/mol. The summed E-state index contributed by atoms with van der Waals surface area (Å²) in [6.45, 7) is 8.82. The number of aliphatic imine (C=N–C) groups is 1. The van der Waals surface area contributed by atoms with Crippen molar-refractivity contribution in [3.63, 3.8) is 0 Å². The Morgan fingerprint density at radius 1 is 1.22 bits per heavy atom. The number of hydroxylamine groups is 1. The Hall–Kier alpha value is -2.40. The van der Waals surface area contributed by atoms with Crippen molar-refractivity contribution in [2.45, 2.75) is 27.7 Å². The highest BCUT2D eigenvalue weighted by molar-refractivity contribution is 5.97. The lowest BCUT2D eigenvalue weighted by molar-refractivity contribution is 0.234. The van der Waals surface area contributed by atoms with Crippen LogP contribution in [-0.4, -0.2) is 22.6 Å². The third kappa shape index (κ3) is 5.07. The molecule has 0 saturated heterocycles. The molecule has 2 rings (SSSR count). The molecule has 1 aromatic carbocycles. The lowest BCUT2D eigenvalue weighted by Crippen LogP contribution is -2.21. The van der Waals surface area contributed by atoms with Gasteiger partial charge >= 0.3 is 0 Å². The van der Waals surface area contributed by atoms with Gasteiger partial charge < -0.3 is 4.74 Å². The standard InChI is InChI=1S/C18H23N3O2/c1-12(2)10-20-18(21-22)15-5-6-17(19-11-15)23-16-8-13(3)7-14(4)9-16/h5-9,11-12,22H,10H2,1-4H3,(H,20,21). The van der Waals surface area contributed by atoms with Crippen LogP contribution in [0.15, 0.2) is 41.5 Å². The minimum Gasteiger partial charge on any atom is -0.439 e. The maximum atomic E-state index is 9.22. The Kier molecular flexibility index (Phi) is 5.71. The predicted octanol–water partition coefficient (Wildman–Crippen LogP) is 3.87. The van der Waals surface area contributed by atoms with E-state index < -0.39 is 0 Å². The van der Waals surface area contributed by atoms with Gasteiger partial charge in [-0.2, -0.15) is 0 Å². The molecular weight excluding hydrogens is 290 g/mol. The molecule has 5 nitrogen and oxygen atoms in total. The SMILES string of the molecule is Cc1cc(C)cc(Oc2ccc(C(=NCC(C)C)NO)cn2)c1. The molecular formula is C18H23N3O2. The van der Waals surface area contributed by atoms with Crippen LogP contribution in [0.4, 0.5) is 0 Å². The zero-order valence-corrected chi connectivity index (χ0v) is 14.0. The zero-order chi connectivity index (χ0) is 16.8. The molecule has 0 bridgehead atoms. The van der Waals surface area contributed by atoms with Gasteiger partial charge in [-0.25, -0.2) is 4.98 Å². The molecule has 2 aromatic rings. The van der Waals surface area contributed by atoms with Crippen LogP contribution in [0.1, 0.15) is 30.5 Å². The molecule has 0 amide bonds. The summed E-state index contributed by atoms with van der Waals surface area (Å²) in [5, 5.41) is 9.22. The molecule has 1 heterocycles. The summed E-state index contributed by atoms with van der Waals surface area (Å²) in [5.41, 5.74) is 5.12. The Balaban J connectivity index is 2.13. The first-order valence-corrected chi connectivity index (χ1v) is 7.65. The Morgan fingerprint density at radius 3 is 2.43 bits per heavy atom. The molecule has 0 unspecified atom stereocenters. The molecule has 2 N–H and O–H groups in total. The van der Waals surface area contributed by atoms with Gasteiger partial charge in [0, 0.05) is 24.4 Å². The van der Waals surface area contributed by atoms with E-state index in [0.717, 1.165) is 16.9 Å². The molecule has 0 aliphatic carbocycles. The highest BCUT2D eigenvalue weighted by atomic mass is 16.5. The largest absolute Gasteiger partial charge is 0.439 e. The minimum absolute atomic E-state index is 0.407.